The first-order valence-corrected chi connectivity index (χ1v) is 17.8. The normalized spacial score (nSPS) is 11.5. The number of hydrogen-bond donors (Lipinski definition) is 0. The summed E-state index contributed by atoms with van der Waals surface area (Å²) in [6.45, 7) is 0. The first-order chi connectivity index (χ1) is 25.8. The molecule has 0 N–H and O–H groups in total. The summed E-state index contributed by atoms with van der Waals surface area (Å²) < 4.78 is 6.11. The van der Waals surface area contributed by atoms with E-state index < -0.39 is 0 Å². The molecule has 0 saturated heterocycles. The third kappa shape index (κ3) is 5.21. The van der Waals surface area contributed by atoms with E-state index in [0.717, 1.165) is 50.1 Å². The highest BCUT2D eigenvalue weighted by Gasteiger charge is 2.18. The molecule has 1 heterocycles. The van der Waals surface area contributed by atoms with Crippen molar-refractivity contribution in [3.05, 3.63) is 200 Å². The summed E-state index contributed by atoms with van der Waals surface area (Å²) in [5.41, 5.74) is 12.2. The molecule has 0 amide bonds. The number of nitrogens with zero attached hydrogens (tertiary/aromatic N) is 1. The second-order valence-corrected chi connectivity index (χ2v) is 13.3. The quantitative estimate of drug-likeness (QED) is 0.165. The topological polar surface area (TPSA) is 16.4 Å². The third-order valence-electron chi connectivity index (χ3n) is 10.3. The maximum Gasteiger partial charge on any atom is 0.135 e. The standard InChI is InChI=1S/C50H33NO/c1-2-10-34(11-3-1)35-20-26-41(27-21-35)51(42-28-22-36(23-29-42)38-25-31-50-47(33-38)46-15-7-9-17-49(46)52-50)48-16-8-6-14-45(48)40-24-30-44-39(32-40)19-18-37-12-4-5-13-43(37)44/h1-33H. The summed E-state index contributed by atoms with van der Waals surface area (Å²) in [4.78, 5) is 2.38. The minimum Gasteiger partial charge on any atom is -0.456 e. The first-order valence-electron chi connectivity index (χ1n) is 17.8. The smallest absolute Gasteiger partial charge is 0.135 e. The van der Waals surface area contributed by atoms with Gasteiger partial charge in [0.05, 0.1) is 5.69 Å². The molecule has 0 bridgehead atoms. The molecule has 1 aromatic heterocycles. The zero-order valence-electron chi connectivity index (χ0n) is 28.4. The number of rotatable bonds is 6. The fraction of sp³-hybridized carbons (Fsp3) is 0. The number of hydrogen-bond acceptors (Lipinski definition) is 2. The molecule has 0 unspecified atom stereocenters. The lowest BCUT2D eigenvalue weighted by Crippen LogP contribution is -2.11. The van der Waals surface area contributed by atoms with Gasteiger partial charge < -0.3 is 9.32 Å². The van der Waals surface area contributed by atoms with Crippen LogP contribution in [0.5, 0.6) is 0 Å². The van der Waals surface area contributed by atoms with Crippen LogP contribution in [-0.4, -0.2) is 0 Å². The number of furan rings is 1. The van der Waals surface area contributed by atoms with Crippen molar-refractivity contribution in [2.45, 2.75) is 0 Å². The van der Waals surface area contributed by atoms with Crippen LogP contribution in [0.25, 0.3) is 76.9 Å². The van der Waals surface area contributed by atoms with Crippen LogP contribution in [-0.2, 0) is 0 Å². The highest BCUT2D eigenvalue weighted by atomic mass is 16.3. The van der Waals surface area contributed by atoms with E-state index in [1.807, 2.05) is 12.1 Å². The van der Waals surface area contributed by atoms with Crippen molar-refractivity contribution in [1.29, 1.82) is 0 Å². The van der Waals surface area contributed by atoms with Gasteiger partial charge in [-0.15, -0.1) is 0 Å². The molecule has 0 aliphatic rings. The van der Waals surface area contributed by atoms with Gasteiger partial charge in [0.1, 0.15) is 11.2 Å². The van der Waals surface area contributed by atoms with Crippen LogP contribution in [0.1, 0.15) is 0 Å². The predicted octanol–water partition coefficient (Wildman–Crippen LogP) is 14.4. The van der Waals surface area contributed by atoms with Crippen LogP contribution < -0.4 is 4.90 Å². The predicted molar refractivity (Wildman–Crippen MR) is 220 cm³/mol. The Labute approximate surface area is 302 Å². The second kappa shape index (κ2) is 12.5. The van der Waals surface area contributed by atoms with E-state index in [1.54, 1.807) is 0 Å². The number of fused-ring (bicyclic) bond motifs is 6. The molecule has 0 fully saturated rings. The maximum absolute atomic E-state index is 6.11. The summed E-state index contributed by atoms with van der Waals surface area (Å²) >= 11 is 0. The minimum absolute atomic E-state index is 0.908. The van der Waals surface area contributed by atoms with E-state index >= 15 is 0 Å². The highest BCUT2D eigenvalue weighted by Crippen LogP contribution is 2.43. The molecule has 0 radical (unpaired) electrons. The average Bonchev–Trinajstić information content (AvgIpc) is 3.60. The van der Waals surface area contributed by atoms with Gasteiger partial charge in [0.2, 0.25) is 0 Å². The Morgan fingerprint density at radius 2 is 0.865 bits per heavy atom. The van der Waals surface area contributed by atoms with Gasteiger partial charge in [0.15, 0.2) is 0 Å². The zero-order chi connectivity index (χ0) is 34.4. The van der Waals surface area contributed by atoms with Gasteiger partial charge in [-0.25, -0.2) is 0 Å². The lowest BCUT2D eigenvalue weighted by atomic mass is 9.96. The summed E-state index contributed by atoms with van der Waals surface area (Å²) in [7, 11) is 0. The van der Waals surface area contributed by atoms with Crippen molar-refractivity contribution >= 4 is 60.5 Å². The van der Waals surface area contributed by atoms with Crippen LogP contribution in [0.3, 0.4) is 0 Å². The summed E-state index contributed by atoms with van der Waals surface area (Å²) in [6, 6.07) is 71.8. The molecule has 0 atom stereocenters. The molecule has 0 saturated carbocycles. The van der Waals surface area contributed by atoms with E-state index in [0.29, 0.717) is 0 Å². The Morgan fingerprint density at radius 1 is 0.308 bits per heavy atom. The maximum atomic E-state index is 6.11. The lowest BCUT2D eigenvalue weighted by molar-refractivity contribution is 0.669. The van der Waals surface area contributed by atoms with E-state index in [1.165, 1.54) is 43.8 Å². The van der Waals surface area contributed by atoms with E-state index in [4.69, 9.17) is 4.42 Å². The molecule has 10 rings (SSSR count). The van der Waals surface area contributed by atoms with Crippen molar-refractivity contribution in [3.63, 3.8) is 0 Å². The Morgan fingerprint density at radius 3 is 1.67 bits per heavy atom. The van der Waals surface area contributed by atoms with Crippen molar-refractivity contribution in [1.82, 2.24) is 0 Å². The Kier molecular flexibility index (Phi) is 7.18. The van der Waals surface area contributed by atoms with E-state index in [9.17, 15) is 0 Å². The van der Waals surface area contributed by atoms with Crippen molar-refractivity contribution in [2.24, 2.45) is 0 Å². The van der Waals surface area contributed by atoms with E-state index in [2.05, 4.69) is 193 Å². The van der Waals surface area contributed by atoms with Gasteiger partial charge in [0, 0.05) is 27.7 Å². The van der Waals surface area contributed by atoms with Crippen LogP contribution >= 0.6 is 0 Å². The molecule has 52 heavy (non-hydrogen) atoms. The average molecular weight is 664 g/mol. The summed E-state index contributed by atoms with van der Waals surface area (Å²) in [6.07, 6.45) is 0. The molecule has 2 heteroatoms. The minimum atomic E-state index is 0.908. The molecular formula is C50H33NO. The Hall–Kier alpha value is -6.90. The van der Waals surface area contributed by atoms with Gasteiger partial charge in [0.25, 0.3) is 0 Å². The molecule has 9 aromatic carbocycles. The molecule has 0 aliphatic carbocycles. The Balaban J connectivity index is 1.09. The fourth-order valence-electron chi connectivity index (χ4n) is 7.66. The SMILES string of the molecule is c1ccc(-c2ccc(N(c3ccc(-c4ccc5oc6ccccc6c5c4)cc3)c3ccccc3-c3ccc4c(ccc5ccccc54)c3)cc2)cc1. The molecule has 244 valence electrons. The Bertz CT molecular complexity index is 2890. The molecule has 10 aromatic rings. The van der Waals surface area contributed by atoms with E-state index in [-0.39, 0.29) is 0 Å². The summed E-state index contributed by atoms with van der Waals surface area (Å²) in [5, 5.41) is 7.31. The van der Waals surface area contributed by atoms with Gasteiger partial charge in [-0.2, -0.15) is 0 Å². The van der Waals surface area contributed by atoms with Crippen LogP contribution in [0.15, 0.2) is 205 Å². The number of anilines is 3. The van der Waals surface area contributed by atoms with Crippen molar-refractivity contribution < 1.29 is 4.42 Å². The lowest BCUT2D eigenvalue weighted by Gasteiger charge is -2.28. The van der Waals surface area contributed by atoms with Crippen LogP contribution in [0.2, 0.25) is 0 Å². The first kappa shape index (κ1) is 30.0. The fourth-order valence-corrected chi connectivity index (χ4v) is 7.66. The van der Waals surface area contributed by atoms with Crippen LogP contribution in [0.4, 0.5) is 17.1 Å². The zero-order valence-corrected chi connectivity index (χ0v) is 28.4. The van der Waals surface area contributed by atoms with Gasteiger partial charge in [-0.3, -0.25) is 0 Å². The molecule has 0 aliphatic heterocycles. The highest BCUT2D eigenvalue weighted by molar-refractivity contribution is 6.09. The monoisotopic (exact) mass is 663 g/mol. The molecule has 0 spiro atoms. The van der Waals surface area contributed by atoms with Crippen molar-refractivity contribution in [2.75, 3.05) is 4.90 Å². The molecular weight excluding hydrogens is 631 g/mol. The third-order valence-corrected chi connectivity index (χ3v) is 10.3. The molecule has 2 nitrogen and oxygen atoms in total. The summed E-state index contributed by atoms with van der Waals surface area (Å²) in [5.74, 6) is 0. The number of para-hydroxylation sites is 2. The van der Waals surface area contributed by atoms with Gasteiger partial charge in [-0.05, 0) is 104 Å². The second-order valence-electron chi connectivity index (χ2n) is 13.3. The van der Waals surface area contributed by atoms with Gasteiger partial charge >= 0.3 is 0 Å². The largest absolute Gasteiger partial charge is 0.456 e. The van der Waals surface area contributed by atoms with Crippen molar-refractivity contribution in [3.8, 4) is 33.4 Å². The number of benzene rings is 9. The van der Waals surface area contributed by atoms with Crippen LogP contribution in [0, 0.1) is 0 Å². The van der Waals surface area contributed by atoms with Gasteiger partial charge in [-0.1, -0.05) is 146 Å².